The number of anilines is 3. The lowest BCUT2D eigenvalue weighted by Gasteiger charge is -2.27. The summed E-state index contributed by atoms with van der Waals surface area (Å²) in [5.74, 6) is -1.07. The Morgan fingerprint density at radius 1 is 1.11 bits per heavy atom. The minimum atomic E-state index is -4.53. The molecule has 182 valence electrons. The molecule has 9 nitrogen and oxygen atoms in total. The summed E-state index contributed by atoms with van der Waals surface area (Å²) >= 11 is 0. The average molecular weight is 489 g/mol. The Hall–Kier alpha value is -4.13. The molecule has 0 unspecified atom stereocenters. The first kappa shape index (κ1) is 24.0. The van der Waals surface area contributed by atoms with E-state index in [4.69, 9.17) is 4.74 Å². The van der Waals surface area contributed by atoms with Crippen LogP contribution in [0.2, 0.25) is 0 Å². The summed E-state index contributed by atoms with van der Waals surface area (Å²) in [6, 6.07) is 8.80. The largest absolute Gasteiger partial charge is 0.416 e. The molecule has 35 heavy (non-hydrogen) atoms. The van der Waals surface area contributed by atoms with Crippen LogP contribution < -0.4 is 15.6 Å². The zero-order chi connectivity index (χ0) is 24.8. The van der Waals surface area contributed by atoms with Gasteiger partial charge in [0.05, 0.1) is 36.9 Å². The van der Waals surface area contributed by atoms with E-state index in [1.807, 2.05) is 0 Å². The van der Waals surface area contributed by atoms with Gasteiger partial charge in [-0.2, -0.15) is 23.3 Å². The molecule has 1 amide bonds. The minimum Gasteiger partial charge on any atom is -0.378 e. The van der Waals surface area contributed by atoms with Gasteiger partial charge in [0.2, 0.25) is 5.95 Å². The third-order valence-electron chi connectivity index (χ3n) is 4.85. The molecular formula is C22H19F4N7O2. The van der Waals surface area contributed by atoms with Gasteiger partial charge in [-0.1, -0.05) is 12.1 Å². The van der Waals surface area contributed by atoms with Crippen LogP contribution in [0.4, 0.5) is 35.0 Å². The molecule has 1 aromatic carbocycles. The SMILES string of the molecule is O=C(Nc1cccc(C(F)(F)F)c1)c1cccc(/C=N/Nc2ncc(F)c(N3CCOCC3)n2)n1. The van der Waals surface area contributed by atoms with Crippen LogP contribution in [0, 0.1) is 5.82 Å². The van der Waals surface area contributed by atoms with Crippen molar-refractivity contribution in [2.75, 3.05) is 41.9 Å². The summed E-state index contributed by atoms with van der Waals surface area (Å²) in [5.41, 5.74) is 1.94. The topological polar surface area (TPSA) is 105 Å². The zero-order valence-corrected chi connectivity index (χ0v) is 18.1. The number of halogens is 4. The second-order valence-corrected chi connectivity index (χ2v) is 7.31. The van der Waals surface area contributed by atoms with Crippen LogP contribution in [0.1, 0.15) is 21.7 Å². The molecule has 2 aromatic heterocycles. The van der Waals surface area contributed by atoms with Crippen molar-refractivity contribution >= 4 is 29.6 Å². The Morgan fingerprint density at radius 3 is 2.66 bits per heavy atom. The van der Waals surface area contributed by atoms with Gasteiger partial charge in [0.1, 0.15) is 5.69 Å². The normalized spacial score (nSPS) is 14.2. The Kier molecular flexibility index (Phi) is 7.15. The predicted octanol–water partition coefficient (Wildman–Crippen LogP) is 3.56. The number of hydrogen-bond donors (Lipinski definition) is 2. The molecular weight excluding hydrogens is 470 g/mol. The number of aromatic nitrogens is 3. The maximum Gasteiger partial charge on any atom is 0.416 e. The van der Waals surface area contributed by atoms with Crippen LogP contribution in [-0.2, 0) is 10.9 Å². The van der Waals surface area contributed by atoms with Crippen molar-refractivity contribution in [3.05, 3.63) is 71.4 Å². The van der Waals surface area contributed by atoms with Gasteiger partial charge >= 0.3 is 6.18 Å². The molecule has 0 saturated carbocycles. The number of amides is 1. The van der Waals surface area contributed by atoms with Gasteiger partial charge in [-0.15, -0.1) is 0 Å². The van der Waals surface area contributed by atoms with Crippen molar-refractivity contribution in [1.29, 1.82) is 0 Å². The molecule has 0 bridgehead atoms. The molecule has 3 aromatic rings. The lowest BCUT2D eigenvalue weighted by atomic mass is 10.2. The number of morpholine rings is 1. The number of carbonyl (C=O) groups excluding carboxylic acids is 1. The van der Waals surface area contributed by atoms with E-state index in [0.717, 1.165) is 18.3 Å². The van der Waals surface area contributed by atoms with E-state index in [-0.39, 0.29) is 28.8 Å². The highest BCUT2D eigenvalue weighted by Crippen LogP contribution is 2.30. The Bertz CT molecular complexity index is 1230. The highest BCUT2D eigenvalue weighted by atomic mass is 19.4. The Morgan fingerprint density at radius 2 is 1.89 bits per heavy atom. The molecule has 1 saturated heterocycles. The molecule has 1 fully saturated rings. The van der Waals surface area contributed by atoms with Crippen LogP contribution in [0.3, 0.4) is 0 Å². The molecule has 0 aliphatic carbocycles. The number of nitrogens with one attached hydrogen (secondary N) is 2. The minimum absolute atomic E-state index is 0.0168. The molecule has 13 heteroatoms. The van der Waals surface area contributed by atoms with Crippen molar-refractivity contribution in [2.45, 2.75) is 6.18 Å². The second-order valence-electron chi connectivity index (χ2n) is 7.31. The molecule has 0 spiro atoms. The average Bonchev–Trinajstić information content (AvgIpc) is 2.85. The van der Waals surface area contributed by atoms with Crippen LogP contribution in [-0.4, -0.2) is 53.4 Å². The van der Waals surface area contributed by atoms with Crippen molar-refractivity contribution < 1.29 is 27.1 Å². The molecule has 1 aliphatic heterocycles. The van der Waals surface area contributed by atoms with E-state index in [1.54, 1.807) is 17.0 Å². The number of hydrogen-bond acceptors (Lipinski definition) is 8. The Labute approximate surface area is 196 Å². The zero-order valence-electron chi connectivity index (χ0n) is 18.1. The number of pyridine rings is 1. The first-order valence-corrected chi connectivity index (χ1v) is 10.4. The number of carbonyl (C=O) groups is 1. The monoisotopic (exact) mass is 489 g/mol. The highest BCUT2D eigenvalue weighted by Gasteiger charge is 2.30. The van der Waals surface area contributed by atoms with Gasteiger partial charge < -0.3 is 15.0 Å². The highest BCUT2D eigenvalue weighted by molar-refractivity contribution is 6.03. The summed E-state index contributed by atoms with van der Waals surface area (Å²) < 4.78 is 58.0. The molecule has 2 N–H and O–H groups in total. The summed E-state index contributed by atoms with van der Waals surface area (Å²) in [5, 5.41) is 6.36. The molecule has 3 heterocycles. The fourth-order valence-electron chi connectivity index (χ4n) is 3.18. The van der Waals surface area contributed by atoms with E-state index in [2.05, 4.69) is 30.8 Å². The lowest BCUT2D eigenvalue weighted by Crippen LogP contribution is -2.37. The van der Waals surface area contributed by atoms with Gasteiger partial charge in [-0.05, 0) is 30.3 Å². The van der Waals surface area contributed by atoms with Crippen LogP contribution in [0.5, 0.6) is 0 Å². The fraction of sp³-hybridized carbons (Fsp3) is 0.227. The lowest BCUT2D eigenvalue weighted by molar-refractivity contribution is -0.137. The van der Waals surface area contributed by atoms with Crippen molar-refractivity contribution in [2.24, 2.45) is 5.10 Å². The molecule has 4 rings (SSSR count). The van der Waals surface area contributed by atoms with Crippen LogP contribution >= 0.6 is 0 Å². The quantitative estimate of drug-likeness (QED) is 0.310. The van der Waals surface area contributed by atoms with Gasteiger partial charge in [-0.3, -0.25) is 4.79 Å². The first-order valence-electron chi connectivity index (χ1n) is 10.4. The fourth-order valence-corrected chi connectivity index (χ4v) is 3.18. The van der Waals surface area contributed by atoms with Crippen molar-refractivity contribution in [1.82, 2.24) is 15.0 Å². The maximum atomic E-state index is 14.1. The number of ether oxygens (including phenoxy) is 1. The molecule has 0 atom stereocenters. The van der Waals surface area contributed by atoms with Gasteiger partial charge in [0, 0.05) is 18.8 Å². The molecule has 0 radical (unpaired) electrons. The number of nitrogens with zero attached hydrogens (tertiary/aromatic N) is 5. The third kappa shape index (κ3) is 6.26. The standard InChI is InChI=1S/C22H19F4N7O2/c23-17-13-27-21(31-19(17)33-7-9-35-10-8-33)32-28-12-16-5-2-6-18(29-16)20(34)30-15-4-1-3-14(11-15)22(24,25)26/h1-6,11-13H,7-10H2,(H,30,34)(H,27,31,32)/b28-12+. The van der Waals surface area contributed by atoms with E-state index < -0.39 is 23.5 Å². The van der Waals surface area contributed by atoms with E-state index in [9.17, 15) is 22.4 Å². The van der Waals surface area contributed by atoms with Crippen LogP contribution in [0.25, 0.3) is 0 Å². The first-order chi connectivity index (χ1) is 16.8. The van der Waals surface area contributed by atoms with E-state index in [1.165, 1.54) is 24.4 Å². The van der Waals surface area contributed by atoms with Crippen LogP contribution in [0.15, 0.2) is 53.8 Å². The van der Waals surface area contributed by atoms with Gasteiger partial charge in [-0.25, -0.2) is 19.8 Å². The van der Waals surface area contributed by atoms with Crippen molar-refractivity contribution in [3.63, 3.8) is 0 Å². The maximum absolute atomic E-state index is 14.1. The summed E-state index contributed by atoms with van der Waals surface area (Å²) in [6.45, 7) is 1.92. The number of alkyl halides is 3. The van der Waals surface area contributed by atoms with Crippen molar-refractivity contribution in [3.8, 4) is 0 Å². The summed E-state index contributed by atoms with van der Waals surface area (Å²) in [4.78, 5) is 26.3. The predicted molar refractivity (Wildman–Crippen MR) is 120 cm³/mol. The van der Waals surface area contributed by atoms with E-state index in [0.29, 0.717) is 26.3 Å². The molecule has 1 aliphatic rings. The summed E-state index contributed by atoms with van der Waals surface area (Å²) in [6.07, 6.45) is -2.20. The van der Waals surface area contributed by atoms with E-state index >= 15 is 0 Å². The number of rotatable bonds is 6. The summed E-state index contributed by atoms with van der Waals surface area (Å²) in [7, 11) is 0. The smallest absolute Gasteiger partial charge is 0.378 e. The van der Waals surface area contributed by atoms with Gasteiger partial charge in [0.25, 0.3) is 5.91 Å². The Balaban J connectivity index is 1.41. The number of benzene rings is 1. The number of hydrazone groups is 1. The van der Waals surface area contributed by atoms with Gasteiger partial charge in [0.15, 0.2) is 11.6 Å². The second kappa shape index (κ2) is 10.4. The third-order valence-corrected chi connectivity index (χ3v) is 4.85.